The molecule has 0 saturated heterocycles. The van der Waals surface area contributed by atoms with Crippen molar-refractivity contribution in [1.29, 1.82) is 0 Å². The highest BCUT2D eigenvalue weighted by molar-refractivity contribution is 9.10. The van der Waals surface area contributed by atoms with Crippen molar-refractivity contribution in [2.24, 2.45) is 5.73 Å². The van der Waals surface area contributed by atoms with Gasteiger partial charge in [-0.3, -0.25) is 14.9 Å². The molecule has 8 heteroatoms. The lowest BCUT2D eigenvalue weighted by molar-refractivity contribution is 0.0971. The second kappa shape index (κ2) is 10.7. The van der Waals surface area contributed by atoms with Gasteiger partial charge in [-0.15, -0.1) is 0 Å². The second-order valence-electron chi connectivity index (χ2n) is 6.57. The van der Waals surface area contributed by atoms with Gasteiger partial charge in [-0.2, -0.15) is 0 Å². The van der Waals surface area contributed by atoms with Crippen LogP contribution in [0.3, 0.4) is 0 Å². The summed E-state index contributed by atoms with van der Waals surface area (Å²) in [5, 5.41) is 5.67. The van der Waals surface area contributed by atoms with E-state index in [1.165, 1.54) is 0 Å². The van der Waals surface area contributed by atoms with Crippen LogP contribution in [0.25, 0.3) is 0 Å². The number of hydrogen-bond acceptors (Lipinski definition) is 4. The third-order valence-electron chi connectivity index (χ3n) is 4.33. The van der Waals surface area contributed by atoms with Gasteiger partial charge < -0.3 is 15.8 Å². The van der Waals surface area contributed by atoms with Gasteiger partial charge in [0.2, 0.25) is 5.91 Å². The molecule has 3 aromatic carbocycles. The molecule has 0 aliphatic heterocycles. The highest BCUT2D eigenvalue weighted by Crippen LogP contribution is 2.23. The zero-order chi connectivity index (χ0) is 22.2. The number of carbonyl (C=O) groups excluding carboxylic acids is 2. The Labute approximate surface area is 193 Å². The molecule has 6 nitrogen and oxygen atoms in total. The van der Waals surface area contributed by atoms with Crippen molar-refractivity contribution in [1.82, 2.24) is 5.32 Å². The lowest BCUT2D eigenvalue weighted by Crippen LogP contribution is -2.34. The molecule has 0 spiro atoms. The van der Waals surface area contributed by atoms with Crippen LogP contribution in [0, 0.1) is 0 Å². The van der Waals surface area contributed by atoms with Gasteiger partial charge in [0, 0.05) is 22.1 Å². The average Bonchev–Trinajstić information content (AvgIpc) is 2.75. The highest BCUT2D eigenvalue weighted by Gasteiger charge is 2.15. The Hall–Kier alpha value is -3.23. The molecule has 3 aromatic rings. The van der Waals surface area contributed by atoms with E-state index in [1.54, 1.807) is 36.4 Å². The summed E-state index contributed by atoms with van der Waals surface area (Å²) >= 11 is 8.62. The van der Waals surface area contributed by atoms with E-state index in [1.807, 2.05) is 36.4 Å². The smallest absolute Gasteiger partial charge is 0.261 e. The van der Waals surface area contributed by atoms with Gasteiger partial charge in [0.05, 0.1) is 12.2 Å². The molecule has 2 amide bonds. The van der Waals surface area contributed by atoms with Crippen molar-refractivity contribution in [3.63, 3.8) is 0 Å². The third-order valence-corrected chi connectivity index (χ3v) is 5.03. The normalized spacial score (nSPS) is 10.2. The number of amides is 2. The van der Waals surface area contributed by atoms with Crippen LogP contribution in [0.4, 0.5) is 5.69 Å². The number of nitrogens with two attached hydrogens (primary N) is 1. The zero-order valence-corrected chi connectivity index (χ0v) is 18.8. The van der Waals surface area contributed by atoms with Crippen LogP contribution in [0.15, 0.2) is 77.3 Å². The van der Waals surface area contributed by atoms with E-state index in [0.717, 1.165) is 16.5 Å². The number of carbonyl (C=O) groups is 2. The standard InChI is InChI=1S/C23H20BrN3O3S/c24-17-8-11-20(30-13-12-15-4-2-1-3-5-15)19(14-17)22(29)27-23(31)26-18-9-6-16(7-10-18)21(25)28/h1-11,14H,12-13H2,(H2,25,28)(H2,26,27,29,31). The fraction of sp³-hybridized carbons (Fsp3) is 0.0870. The molecular formula is C23H20BrN3O3S. The maximum atomic E-state index is 12.8. The van der Waals surface area contributed by atoms with Gasteiger partial charge in [-0.25, -0.2) is 0 Å². The molecule has 0 fully saturated rings. The van der Waals surface area contributed by atoms with E-state index < -0.39 is 11.8 Å². The summed E-state index contributed by atoms with van der Waals surface area (Å²) in [7, 11) is 0. The first-order valence-corrected chi connectivity index (χ1v) is 10.6. The predicted molar refractivity (Wildman–Crippen MR) is 128 cm³/mol. The fourth-order valence-electron chi connectivity index (χ4n) is 2.78. The molecule has 0 aliphatic rings. The minimum absolute atomic E-state index is 0.118. The van der Waals surface area contributed by atoms with E-state index in [4.69, 9.17) is 22.7 Å². The van der Waals surface area contributed by atoms with Crippen molar-refractivity contribution in [3.05, 3.63) is 94.0 Å². The molecular weight excluding hydrogens is 478 g/mol. The molecule has 0 aliphatic carbocycles. The fourth-order valence-corrected chi connectivity index (χ4v) is 3.35. The minimum atomic E-state index is -0.517. The number of ether oxygens (including phenoxy) is 1. The predicted octanol–water partition coefficient (Wildman–Crippen LogP) is 4.30. The Kier molecular flexibility index (Phi) is 7.75. The number of thiocarbonyl (C=S) groups is 1. The van der Waals surface area contributed by atoms with E-state index in [0.29, 0.717) is 29.2 Å². The number of halogens is 1. The molecule has 0 saturated carbocycles. The Balaban J connectivity index is 1.62. The van der Waals surface area contributed by atoms with E-state index in [9.17, 15) is 9.59 Å². The number of nitrogens with one attached hydrogen (secondary N) is 2. The quantitative estimate of drug-likeness (QED) is 0.423. The van der Waals surface area contributed by atoms with Gasteiger partial charge in [-0.05, 0) is 60.2 Å². The summed E-state index contributed by atoms with van der Waals surface area (Å²) in [4.78, 5) is 23.9. The molecule has 0 heterocycles. The van der Waals surface area contributed by atoms with E-state index in [-0.39, 0.29) is 5.11 Å². The summed E-state index contributed by atoms with van der Waals surface area (Å²) < 4.78 is 6.61. The van der Waals surface area contributed by atoms with Crippen LogP contribution in [0.5, 0.6) is 5.75 Å². The SMILES string of the molecule is NC(=O)c1ccc(NC(=S)NC(=O)c2cc(Br)ccc2OCCc2ccccc2)cc1. The van der Waals surface area contributed by atoms with Gasteiger partial charge in [0.15, 0.2) is 5.11 Å². The van der Waals surface area contributed by atoms with Crippen LogP contribution in [0.1, 0.15) is 26.3 Å². The maximum Gasteiger partial charge on any atom is 0.261 e. The van der Waals surface area contributed by atoms with Crippen LogP contribution in [-0.2, 0) is 6.42 Å². The van der Waals surface area contributed by atoms with E-state index >= 15 is 0 Å². The largest absolute Gasteiger partial charge is 0.492 e. The molecule has 0 atom stereocenters. The van der Waals surface area contributed by atoms with Crippen LogP contribution < -0.4 is 21.1 Å². The summed E-state index contributed by atoms with van der Waals surface area (Å²) in [5.41, 5.74) is 7.74. The second-order valence-corrected chi connectivity index (χ2v) is 7.90. The number of anilines is 1. The Morgan fingerprint density at radius 1 is 1.00 bits per heavy atom. The van der Waals surface area contributed by atoms with Gasteiger partial charge in [0.1, 0.15) is 5.75 Å². The molecule has 0 unspecified atom stereocenters. The lowest BCUT2D eigenvalue weighted by Gasteiger charge is -2.14. The minimum Gasteiger partial charge on any atom is -0.492 e. The molecule has 31 heavy (non-hydrogen) atoms. The van der Waals surface area contributed by atoms with Gasteiger partial charge in [-0.1, -0.05) is 46.3 Å². The Bertz CT molecular complexity index is 1090. The van der Waals surface area contributed by atoms with Crippen molar-refractivity contribution in [3.8, 4) is 5.75 Å². The van der Waals surface area contributed by atoms with E-state index in [2.05, 4.69) is 26.6 Å². The summed E-state index contributed by atoms with van der Waals surface area (Å²) in [5.74, 6) is -0.454. The average molecular weight is 498 g/mol. The van der Waals surface area contributed by atoms with Crippen molar-refractivity contribution < 1.29 is 14.3 Å². The number of rotatable bonds is 7. The first-order valence-electron chi connectivity index (χ1n) is 9.41. The first-order chi connectivity index (χ1) is 14.9. The maximum absolute atomic E-state index is 12.8. The third kappa shape index (κ3) is 6.63. The van der Waals surface area contributed by atoms with Crippen molar-refractivity contribution in [2.75, 3.05) is 11.9 Å². The van der Waals surface area contributed by atoms with Crippen molar-refractivity contribution >= 4 is 50.8 Å². The monoisotopic (exact) mass is 497 g/mol. The molecule has 0 bridgehead atoms. The van der Waals surface area contributed by atoms with Crippen LogP contribution in [0.2, 0.25) is 0 Å². The molecule has 3 rings (SSSR count). The number of hydrogen-bond donors (Lipinski definition) is 3. The molecule has 0 radical (unpaired) electrons. The summed E-state index contributed by atoms with van der Waals surface area (Å²) in [6.45, 7) is 0.431. The molecule has 4 N–H and O–H groups in total. The van der Waals surface area contributed by atoms with Crippen LogP contribution in [-0.4, -0.2) is 23.5 Å². The topological polar surface area (TPSA) is 93.5 Å². The molecule has 158 valence electrons. The van der Waals surface area contributed by atoms with Gasteiger partial charge >= 0.3 is 0 Å². The Morgan fingerprint density at radius 2 is 1.71 bits per heavy atom. The molecule has 0 aromatic heterocycles. The van der Waals surface area contributed by atoms with Gasteiger partial charge in [0.25, 0.3) is 5.91 Å². The number of benzene rings is 3. The zero-order valence-electron chi connectivity index (χ0n) is 16.4. The van der Waals surface area contributed by atoms with Crippen molar-refractivity contribution in [2.45, 2.75) is 6.42 Å². The number of primary amides is 1. The summed E-state index contributed by atoms with van der Waals surface area (Å²) in [6.07, 6.45) is 0.721. The Morgan fingerprint density at radius 3 is 2.39 bits per heavy atom. The lowest BCUT2D eigenvalue weighted by atomic mass is 10.1. The summed E-state index contributed by atoms with van der Waals surface area (Å²) in [6, 6.07) is 21.6. The van der Waals surface area contributed by atoms with Crippen LogP contribution >= 0.6 is 28.1 Å². The highest BCUT2D eigenvalue weighted by atomic mass is 79.9. The first kappa shape index (κ1) is 22.5.